The monoisotopic (exact) mass is 179 g/mol. The highest BCUT2D eigenvalue weighted by atomic mass is 32.2. The van der Waals surface area contributed by atoms with Crippen molar-refractivity contribution in [2.45, 2.75) is 12.7 Å². The van der Waals surface area contributed by atoms with E-state index in [1.807, 2.05) is 0 Å². The summed E-state index contributed by atoms with van der Waals surface area (Å²) < 4.78 is 10.0. The fraction of sp³-hybridized carbons (Fsp3) is 1.00. The molecule has 0 saturated carbocycles. The van der Waals surface area contributed by atoms with Crippen LogP contribution in [0.2, 0.25) is 0 Å². The minimum atomic E-state index is -0.0715. The Hall–Kier alpha value is 0.230. The largest absolute Gasteiger partial charge is 0.355 e. The highest BCUT2D eigenvalue weighted by molar-refractivity contribution is 7.99. The Kier molecular flexibility index (Phi) is 8.50. The summed E-state index contributed by atoms with van der Waals surface area (Å²) in [6.07, 6.45) is 0.989. The Labute approximate surface area is 72.6 Å². The molecule has 0 unspecified atom stereocenters. The normalized spacial score (nSPS) is 10.9. The van der Waals surface area contributed by atoms with Crippen LogP contribution in [0.3, 0.4) is 0 Å². The lowest BCUT2D eigenvalue weighted by atomic mass is 10.5. The van der Waals surface area contributed by atoms with Crippen LogP contribution in [0, 0.1) is 0 Å². The number of rotatable bonds is 7. The van der Waals surface area contributed by atoms with Crippen LogP contribution in [0.25, 0.3) is 0 Å². The Morgan fingerprint density at radius 1 is 1.36 bits per heavy atom. The van der Waals surface area contributed by atoms with E-state index >= 15 is 0 Å². The second-order valence-electron chi connectivity index (χ2n) is 2.12. The molecule has 0 aliphatic rings. The molecule has 0 aliphatic carbocycles. The summed E-state index contributed by atoms with van der Waals surface area (Å²) >= 11 is 1.81. The van der Waals surface area contributed by atoms with Gasteiger partial charge in [0, 0.05) is 20.0 Å². The number of methoxy groups -OCH3 is 2. The summed E-state index contributed by atoms with van der Waals surface area (Å²) in [5, 5.41) is 0. The van der Waals surface area contributed by atoms with Gasteiger partial charge in [-0.3, -0.25) is 0 Å². The van der Waals surface area contributed by atoms with E-state index in [0.29, 0.717) is 0 Å². The van der Waals surface area contributed by atoms with Crippen molar-refractivity contribution in [2.75, 3.05) is 32.3 Å². The number of nitrogens with two attached hydrogens (primary N) is 1. The molecular formula is C7H17NO2S. The molecule has 0 aromatic rings. The summed E-state index contributed by atoms with van der Waals surface area (Å²) in [5.41, 5.74) is 5.33. The lowest BCUT2D eigenvalue weighted by Crippen LogP contribution is -2.16. The zero-order chi connectivity index (χ0) is 8.53. The van der Waals surface area contributed by atoms with Gasteiger partial charge in [0.25, 0.3) is 0 Å². The van der Waals surface area contributed by atoms with E-state index < -0.39 is 0 Å². The van der Waals surface area contributed by atoms with Gasteiger partial charge in [-0.25, -0.2) is 0 Å². The Bertz CT molecular complexity index is 78.8. The molecule has 0 aromatic carbocycles. The third-order valence-corrected chi connectivity index (χ3v) is 2.36. The summed E-state index contributed by atoms with van der Waals surface area (Å²) in [7, 11) is 3.30. The van der Waals surface area contributed by atoms with Gasteiger partial charge in [0.1, 0.15) is 0 Å². The van der Waals surface area contributed by atoms with Crippen molar-refractivity contribution in [2.24, 2.45) is 5.73 Å². The van der Waals surface area contributed by atoms with Gasteiger partial charge in [0.2, 0.25) is 0 Å². The maximum Gasteiger partial charge on any atom is 0.165 e. The second-order valence-corrected chi connectivity index (χ2v) is 3.27. The molecule has 0 heterocycles. The summed E-state index contributed by atoms with van der Waals surface area (Å²) in [5.74, 6) is 1.97. The van der Waals surface area contributed by atoms with Crippen molar-refractivity contribution in [3.8, 4) is 0 Å². The predicted molar refractivity (Wildman–Crippen MR) is 48.8 cm³/mol. The van der Waals surface area contributed by atoms with E-state index in [0.717, 1.165) is 24.5 Å². The molecule has 2 N–H and O–H groups in total. The molecule has 0 rings (SSSR count). The van der Waals surface area contributed by atoms with Crippen molar-refractivity contribution < 1.29 is 9.47 Å². The molecule has 0 radical (unpaired) electrons. The van der Waals surface area contributed by atoms with Crippen molar-refractivity contribution >= 4 is 11.8 Å². The number of thioether (sulfide) groups is 1. The lowest BCUT2D eigenvalue weighted by molar-refractivity contribution is -0.0842. The molecule has 0 aromatic heterocycles. The molecule has 4 heteroatoms. The quantitative estimate of drug-likeness (QED) is 0.461. The number of hydrogen-bond acceptors (Lipinski definition) is 4. The van der Waals surface area contributed by atoms with Crippen LogP contribution in [0.4, 0.5) is 0 Å². The first-order valence-electron chi connectivity index (χ1n) is 3.68. The zero-order valence-corrected chi connectivity index (χ0v) is 8.02. The third-order valence-electron chi connectivity index (χ3n) is 1.27. The van der Waals surface area contributed by atoms with E-state index in [1.165, 1.54) is 0 Å². The highest BCUT2D eigenvalue weighted by Crippen LogP contribution is 2.06. The fourth-order valence-electron chi connectivity index (χ4n) is 0.597. The maximum absolute atomic E-state index is 5.33. The fourth-order valence-corrected chi connectivity index (χ4v) is 1.60. The Morgan fingerprint density at radius 3 is 2.45 bits per heavy atom. The summed E-state index contributed by atoms with van der Waals surface area (Å²) in [4.78, 5) is 0. The minimum absolute atomic E-state index is 0.0715. The van der Waals surface area contributed by atoms with Crippen molar-refractivity contribution in [1.29, 1.82) is 0 Å². The molecule has 0 atom stereocenters. The molecule has 68 valence electrons. The molecule has 11 heavy (non-hydrogen) atoms. The lowest BCUT2D eigenvalue weighted by Gasteiger charge is -2.11. The van der Waals surface area contributed by atoms with Gasteiger partial charge in [0.05, 0.1) is 0 Å². The van der Waals surface area contributed by atoms with Crippen LogP contribution in [-0.2, 0) is 9.47 Å². The van der Waals surface area contributed by atoms with Crippen LogP contribution in [0.1, 0.15) is 6.42 Å². The van der Waals surface area contributed by atoms with Crippen LogP contribution < -0.4 is 5.73 Å². The van der Waals surface area contributed by atoms with Crippen LogP contribution >= 0.6 is 11.8 Å². The molecule has 3 nitrogen and oxygen atoms in total. The van der Waals surface area contributed by atoms with Crippen molar-refractivity contribution in [3.05, 3.63) is 0 Å². The number of ether oxygens (including phenoxy) is 2. The van der Waals surface area contributed by atoms with E-state index in [-0.39, 0.29) is 6.29 Å². The van der Waals surface area contributed by atoms with Gasteiger partial charge in [-0.2, -0.15) is 11.8 Å². The van der Waals surface area contributed by atoms with Gasteiger partial charge in [-0.1, -0.05) is 0 Å². The van der Waals surface area contributed by atoms with E-state index in [1.54, 1.807) is 26.0 Å². The molecule has 0 amide bonds. The first kappa shape index (κ1) is 11.2. The van der Waals surface area contributed by atoms with Gasteiger partial charge >= 0.3 is 0 Å². The minimum Gasteiger partial charge on any atom is -0.355 e. The molecule has 0 fully saturated rings. The van der Waals surface area contributed by atoms with Crippen LogP contribution in [-0.4, -0.2) is 38.6 Å². The second kappa shape index (κ2) is 8.33. The number of hydrogen-bond donors (Lipinski definition) is 1. The standard InChI is InChI=1S/C7H17NO2S/c1-9-7(10-2)6-11-5-3-4-8/h7H,3-6,8H2,1-2H3. The van der Waals surface area contributed by atoms with Crippen molar-refractivity contribution in [1.82, 2.24) is 0 Å². The van der Waals surface area contributed by atoms with Crippen LogP contribution in [0.5, 0.6) is 0 Å². The van der Waals surface area contributed by atoms with Gasteiger partial charge in [0.15, 0.2) is 6.29 Å². The molecule has 0 aliphatic heterocycles. The topological polar surface area (TPSA) is 44.5 Å². The van der Waals surface area contributed by atoms with E-state index in [9.17, 15) is 0 Å². The Balaban J connectivity index is 3.07. The average molecular weight is 179 g/mol. The van der Waals surface area contributed by atoms with Gasteiger partial charge in [-0.05, 0) is 18.7 Å². The summed E-state index contributed by atoms with van der Waals surface area (Å²) in [6.45, 7) is 0.762. The first-order chi connectivity index (χ1) is 5.35. The van der Waals surface area contributed by atoms with E-state index in [4.69, 9.17) is 15.2 Å². The molecule has 0 saturated heterocycles. The highest BCUT2D eigenvalue weighted by Gasteiger charge is 2.03. The molecule has 0 spiro atoms. The molecular weight excluding hydrogens is 162 g/mol. The van der Waals surface area contributed by atoms with Crippen molar-refractivity contribution in [3.63, 3.8) is 0 Å². The van der Waals surface area contributed by atoms with Gasteiger partial charge < -0.3 is 15.2 Å². The average Bonchev–Trinajstić information content (AvgIpc) is 2.05. The smallest absolute Gasteiger partial charge is 0.165 e. The van der Waals surface area contributed by atoms with Gasteiger partial charge in [-0.15, -0.1) is 0 Å². The third kappa shape index (κ3) is 6.62. The predicted octanol–water partition coefficient (Wildman–Crippen LogP) is 0.687. The SMILES string of the molecule is COC(CSCCCN)OC. The first-order valence-corrected chi connectivity index (χ1v) is 4.84. The summed E-state index contributed by atoms with van der Waals surface area (Å²) in [6, 6.07) is 0. The zero-order valence-electron chi connectivity index (χ0n) is 7.21. The maximum atomic E-state index is 5.33. The Morgan fingerprint density at radius 2 is 2.00 bits per heavy atom. The van der Waals surface area contributed by atoms with E-state index in [2.05, 4.69) is 0 Å². The van der Waals surface area contributed by atoms with Crippen LogP contribution in [0.15, 0.2) is 0 Å². The molecule has 0 bridgehead atoms.